The quantitative estimate of drug-likeness (QED) is 0.590. The zero-order chi connectivity index (χ0) is 23.5. The van der Waals surface area contributed by atoms with Crippen LogP contribution in [-0.4, -0.2) is 59.0 Å². The van der Waals surface area contributed by atoms with E-state index >= 15 is 0 Å². The average Bonchev–Trinajstić information content (AvgIpc) is 3.17. The number of benzene rings is 2. The van der Waals surface area contributed by atoms with Gasteiger partial charge >= 0.3 is 0 Å². The van der Waals surface area contributed by atoms with Gasteiger partial charge in [-0.2, -0.15) is 4.31 Å². The molecule has 0 fully saturated rings. The Balaban J connectivity index is 1.76. The summed E-state index contributed by atoms with van der Waals surface area (Å²) in [5.74, 6) is 0.619. The lowest BCUT2D eigenvalue weighted by Gasteiger charge is -2.21. The van der Waals surface area contributed by atoms with Gasteiger partial charge in [0.2, 0.25) is 15.9 Å². The predicted octanol–water partition coefficient (Wildman–Crippen LogP) is 3.39. The van der Waals surface area contributed by atoms with Gasteiger partial charge in [0, 0.05) is 37.5 Å². The summed E-state index contributed by atoms with van der Waals surface area (Å²) in [6.45, 7) is 5.21. The lowest BCUT2D eigenvalue weighted by atomic mass is 10.2. The molecule has 0 saturated carbocycles. The third-order valence-corrected chi connectivity index (χ3v) is 7.81. The summed E-state index contributed by atoms with van der Waals surface area (Å²) in [7, 11) is -0.533. The summed E-state index contributed by atoms with van der Waals surface area (Å²) in [6, 6.07) is 8.29. The van der Waals surface area contributed by atoms with Gasteiger partial charge in [0.05, 0.1) is 36.4 Å². The second kappa shape index (κ2) is 9.97. The van der Waals surface area contributed by atoms with E-state index in [9.17, 15) is 13.2 Å². The van der Waals surface area contributed by atoms with Gasteiger partial charge in [-0.05, 0) is 30.2 Å². The lowest BCUT2D eigenvalue weighted by molar-refractivity contribution is -0.115. The molecule has 0 unspecified atom stereocenters. The second-order valence-corrected chi connectivity index (χ2v) is 9.63. The number of nitrogens with zero attached hydrogens (tertiary/aromatic N) is 2. The summed E-state index contributed by atoms with van der Waals surface area (Å²) in [4.78, 5) is 14.9. The standard InChI is InChI=1S/C22H28ClN3O5S/c1-5-26(6-2)32(28,29)16-7-8-19-15(11-16)9-10-25(19)14-22(27)24-18-13-20(30-3)17(23)12-21(18)31-4/h7-8,11-13H,5-6,9-10,14H2,1-4H3,(H,24,27). The van der Waals surface area contributed by atoms with Crippen molar-refractivity contribution < 1.29 is 22.7 Å². The van der Waals surface area contributed by atoms with E-state index in [2.05, 4.69) is 5.32 Å². The number of rotatable bonds is 9. The van der Waals surface area contributed by atoms with Gasteiger partial charge in [0.25, 0.3) is 0 Å². The zero-order valence-electron chi connectivity index (χ0n) is 18.6. The number of amides is 1. The van der Waals surface area contributed by atoms with Gasteiger partial charge < -0.3 is 19.7 Å². The van der Waals surface area contributed by atoms with Gasteiger partial charge in [0.1, 0.15) is 11.5 Å². The number of sulfonamides is 1. The lowest BCUT2D eigenvalue weighted by Crippen LogP contribution is -2.32. The third kappa shape index (κ3) is 4.79. The van der Waals surface area contributed by atoms with Crippen molar-refractivity contribution in [3.63, 3.8) is 0 Å². The fourth-order valence-corrected chi connectivity index (χ4v) is 5.54. The molecule has 174 valence electrons. The van der Waals surface area contributed by atoms with Crippen LogP contribution in [0.2, 0.25) is 5.02 Å². The number of fused-ring (bicyclic) bond motifs is 1. The first-order valence-electron chi connectivity index (χ1n) is 10.3. The van der Waals surface area contributed by atoms with Crippen molar-refractivity contribution in [1.82, 2.24) is 4.31 Å². The van der Waals surface area contributed by atoms with Gasteiger partial charge in [0.15, 0.2) is 0 Å². The van der Waals surface area contributed by atoms with Crippen molar-refractivity contribution in [3.05, 3.63) is 40.9 Å². The molecule has 0 saturated heterocycles. The van der Waals surface area contributed by atoms with E-state index in [1.165, 1.54) is 18.5 Å². The molecule has 1 heterocycles. The average molecular weight is 482 g/mol. The summed E-state index contributed by atoms with van der Waals surface area (Å²) in [5.41, 5.74) is 2.23. The molecule has 1 aliphatic rings. The molecule has 0 spiro atoms. The molecule has 0 radical (unpaired) electrons. The van der Waals surface area contributed by atoms with Crippen LogP contribution in [0.25, 0.3) is 0 Å². The predicted molar refractivity (Wildman–Crippen MR) is 126 cm³/mol. The third-order valence-electron chi connectivity index (χ3n) is 5.47. The van der Waals surface area contributed by atoms with Crippen molar-refractivity contribution >= 4 is 38.9 Å². The molecule has 1 amide bonds. The summed E-state index contributed by atoms with van der Waals surface area (Å²) < 4.78 is 37.6. The molecule has 10 heteroatoms. The van der Waals surface area contributed by atoms with Gasteiger partial charge in [-0.15, -0.1) is 0 Å². The Kier molecular flexibility index (Phi) is 7.53. The van der Waals surface area contributed by atoms with Crippen LogP contribution < -0.4 is 19.7 Å². The molecule has 0 aromatic heterocycles. The highest BCUT2D eigenvalue weighted by Gasteiger charge is 2.27. The Morgan fingerprint density at radius 3 is 2.44 bits per heavy atom. The number of nitrogens with one attached hydrogen (secondary N) is 1. The molecule has 0 aliphatic carbocycles. The molecule has 2 aromatic rings. The fourth-order valence-electron chi connectivity index (χ4n) is 3.80. The first-order chi connectivity index (χ1) is 15.2. The van der Waals surface area contributed by atoms with E-state index in [4.69, 9.17) is 21.1 Å². The molecule has 32 heavy (non-hydrogen) atoms. The van der Waals surface area contributed by atoms with Crippen LogP contribution in [0.15, 0.2) is 35.2 Å². The van der Waals surface area contributed by atoms with Crippen molar-refractivity contribution in [2.75, 3.05) is 50.6 Å². The van der Waals surface area contributed by atoms with Crippen molar-refractivity contribution in [3.8, 4) is 11.5 Å². The normalized spacial score (nSPS) is 13.2. The van der Waals surface area contributed by atoms with Crippen LogP contribution in [0.3, 0.4) is 0 Å². The van der Waals surface area contributed by atoms with Gasteiger partial charge in [-0.1, -0.05) is 25.4 Å². The zero-order valence-corrected chi connectivity index (χ0v) is 20.2. The molecule has 1 N–H and O–H groups in total. The molecule has 0 bridgehead atoms. The number of hydrogen-bond donors (Lipinski definition) is 1. The minimum Gasteiger partial charge on any atom is -0.495 e. The Labute approximate surface area is 194 Å². The van der Waals surface area contributed by atoms with Crippen LogP contribution in [0.4, 0.5) is 11.4 Å². The Bertz CT molecular complexity index is 1100. The highest BCUT2D eigenvalue weighted by atomic mass is 35.5. The number of carbonyl (C=O) groups excluding carboxylic acids is 1. The van der Waals surface area contributed by atoms with E-state index < -0.39 is 10.0 Å². The number of hydrogen-bond acceptors (Lipinski definition) is 6. The highest BCUT2D eigenvalue weighted by molar-refractivity contribution is 7.89. The largest absolute Gasteiger partial charge is 0.495 e. The molecule has 0 atom stereocenters. The van der Waals surface area contributed by atoms with E-state index in [0.717, 1.165) is 11.3 Å². The number of ether oxygens (including phenoxy) is 2. The van der Waals surface area contributed by atoms with Gasteiger partial charge in [-0.25, -0.2) is 8.42 Å². The van der Waals surface area contributed by atoms with Gasteiger partial charge in [-0.3, -0.25) is 4.79 Å². The first-order valence-corrected chi connectivity index (χ1v) is 12.2. The van der Waals surface area contributed by atoms with E-state index in [1.807, 2.05) is 18.7 Å². The second-order valence-electron chi connectivity index (χ2n) is 7.29. The molecule has 8 nitrogen and oxygen atoms in total. The Morgan fingerprint density at radius 2 is 1.81 bits per heavy atom. The Morgan fingerprint density at radius 1 is 1.12 bits per heavy atom. The van der Waals surface area contributed by atoms with Crippen LogP contribution >= 0.6 is 11.6 Å². The molecular formula is C22H28ClN3O5S. The van der Waals surface area contributed by atoms with Crippen LogP contribution in [-0.2, 0) is 21.2 Å². The maximum absolute atomic E-state index is 12.8. The maximum atomic E-state index is 12.8. The Hall–Kier alpha value is -2.49. The molecule has 3 rings (SSSR count). The molecular weight excluding hydrogens is 454 g/mol. The summed E-state index contributed by atoms with van der Waals surface area (Å²) in [6.07, 6.45) is 0.669. The first kappa shape index (κ1) is 24.2. The van der Waals surface area contributed by atoms with Crippen molar-refractivity contribution in [2.45, 2.75) is 25.2 Å². The fraction of sp³-hybridized carbons (Fsp3) is 0.409. The topological polar surface area (TPSA) is 88.2 Å². The minimum atomic E-state index is -3.52. The van der Waals surface area contributed by atoms with E-state index in [1.54, 1.807) is 30.3 Å². The number of methoxy groups -OCH3 is 2. The molecule has 1 aliphatic heterocycles. The number of halogens is 1. The van der Waals surface area contributed by atoms with Crippen molar-refractivity contribution in [1.29, 1.82) is 0 Å². The van der Waals surface area contributed by atoms with E-state index in [0.29, 0.717) is 48.3 Å². The highest BCUT2D eigenvalue weighted by Crippen LogP contribution is 2.36. The smallest absolute Gasteiger partial charge is 0.243 e. The van der Waals surface area contributed by atoms with Crippen LogP contribution in [0, 0.1) is 0 Å². The number of carbonyl (C=O) groups is 1. The molecule has 2 aromatic carbocycles. The summed E-state index contributed by atoms with van der Waals surface area (Å²) in [5, 5.41) is 3.22. The van der Waals surface area contributed by atoms with E-state index in [-0.39, 0.29) is 17.3 Å². The van der Waals surface area contributed by atoms with Crippen LogP contribution in [0.1, 0.15) is 19.4 Å². The minimum absolute atomic E-state index is 0.114. The maximum Gasteiger partial charge on any atom is 0.243 e. The monoisotopic (exact) mass is 481 g/mol. The SMILES string of the molecule is CCN(CC)S(=O)(=O)c1ccc2c(c1)CCN2CC(=O)Nc1cc(OC)c(Cl)cc1OC. The number of anilines is 2. The summed E-state index contributed by atoms with van der Waals surface area (Å²) >= 11 is 6.12. The van der Waals surface area contributed by atoms with Crippen molar-refractivity contribution in [2.24, 2.45) is 0 Å². The van der Waals surface area contributed by atoms with Crippen LogP contribution in [0.5, 0.6) is 11.5 Å².